The van der Waals surface area contributed by atoms with E-state index in [9.17, 15) is 9.90 Å². The summed E-state index contributed by atoms with van der Waals surface area (Å²) in [5.41, 5.74) is 0.673. The summed E-state index contributed by atoms with van der Waals surface area (Å²) in [6, 6.07) is 2.08. The van der Waals surface area contributed by atoms with Crippen LogP contribution in [0.25, 0.3) is 0 Å². The maximum atomic E-state index is 12.3. The molecule has 1 amide bonds. The van der Waals surface area contributed by atoms with Gasteiger partial charge >= 0.3 is 0 Å². The fourth-order valence-electron chi connectivity index (χ4n) is 3.02. The maximum Gasteiger partial charge on any atom is 0.261 e. The molecule has 1 fully saturated rings. The quantitative estimate of drug-likeness (QED) is 0.898. The van der Waals surface area contributed by atoms with Crippen LogP contribution in [0, 0.1) is 0 Å². The van der Waals surface area contributed by atoms with Crippen LogP contribution in [0.1, 0.15) is 52.2 Å². The first-order chi connectivity index (χ1) is 10.2. The normalized spacial score (nSPS) is 26.0. The van der Waals surface area contributed by atoms with Crippen molar-refractivity contribution < 1.29 is 9.90 Å². The Labute approximate surface area is 134 Å². The lowest BCUT2D eigenvalue weighted by molar-refractivity contribution is 0.0614. The third-order valence-electron chi connectivity index (χ3n) is 4.38. The van der Waals surface area contributed by atoms with Crippen LogP contribution in [0.3, 0.4) is 0 Å². The molecule has 2 N–H and O–H groups in total. The van der Waals surface area contributed by atoms with E-state index in [-0.39, 0.29) is 5.91 Å². The Bertz CT molecular complexity index is 481. The van der Waals surface area contributed by atoms with E-state index in [1.54, 1.807) is 23.1 Å². The Hall–Kier alpha value is -0.520. The molecule has 1 saturated heterocycles. The molecule has 2 heterocycles. The highest BCUT2D eigenvalue weighted by Crippen LogP contribution is 2.29. The number of fused-ring (bicyclic) bond motifs is 1. The molecule has 2 aliphatic rings. The van der Waals surface area contributed by atoms with Crippen molar-refractivity contribution >= 4 is 29.0 Å². The summed E-state index contributed by atoms with van der Waals surface area (Å²) in [6.07, 6.45) is 8.10. The molecule has 5 heteroatoms. The van der Waals surface area contributed by atoms with E-state index in [1.165, 1.54) is 36.1 Å². The molecule has 116 valence electrons. The number of carbonyl (C=O) groups excluding carboxylic acids is 1. The molecule has 1 aliphatic carbocycles. The van der Waals surface area contributed by atoms with Crippen molar-refractivity contribution in [2.75, 3.05) is 18.1 Å². The van der Waals surface area contributed by atoms with E-state index in [2.05, 4.69) is 11.4 Å². The third-order valence-corrected chi connectivity index (χ3v) is 6.85. The van der Waals surface area contributed by atoms with Crippen molar-refractivity contribution in [1.82, 2.24) is 5.32 Å². The van der Waals surface area contributed by atoms with Gasteiger partial charge in [0.05, 0.1) is 10.5 Å². The van der Waals surface area contributed by atoms with Gasteiger partial charge in [-0.05, 0) is 49.5 Å². The number of aliphatic hydroxyl groups is 1. The molecular weight excluding hydrogens is 302 g/mol. The number of carbonyl (C=O) groups is 1. The van der Waals surface area contributed by atoms with Gasteiger partial charge in [0, 0.05) is 17.2 Å². The minimum absolute atomic E-state index is 0.0166. The third kappa shape index (κ3) is 3.82. The Morgan fingerprint density at radius 3 is 2.86 bits per heavy atom. The topological polar surface area (TPSA) is 49.3 Å². The lowest BCUT2D eigenvalue weighted by Crippen LogP contribution is -2.42. The second-order valence-electron chi connectivity index (χ2n) is 6.18. The SMILES string of the molecule is O=C(NCC1(O)CCSC1)c1cc2c(s1)CCCCCC2. The number of hydrogen-bond acceptors (Lipinski definition) is 4. The van der Waals surface area contributed by atoms with Crippen molar-refractivity contribution in [2.45, 2.75) is 50.5 Å². The number of hydrogen-bond donors (Lipinski definition) is 2. The van der Waals surface area contributed by atoms with Crippen LogP contribution >= 0.6 is 23.1 Å². The number of thioether (sulfide) groups is 1. The van der Waals surface area contributed by atoms with Gasteiger partial charge in [0.25, 0.3) is 5.91 Å². The summed E-state index contributed by atoms with van der Waals surface area (Å²) < 4.78 is 0. The summed E-state index contributed by atoms with van der Waals surface area (Å²) in [4.78, 5) is 14.5. The highest BCUT2D eigenvalue weighted by Gasteiger charge is 2.32. The summed E-state index contributed by atoms with van der Waals surface area (Å²) in [7, 11) is 0. The molecule has 0 bridgehead atoms. The van der Waals surface area contributed by atoms with Crippen molar-refractivity contribution in [3.05, 3.63) is 21.4 Å². The number of aryl methyl sites for hydroxylation is 2. The zero-order chi connectivity index (χ0) is 14.7. The van der Waals surface area contributed by atoms with E-state index in [0.717, 1.165) is 35.6 Å². The number of nitrogens with one attached hydrogen (secondary N) is 1. The molecular formula is C16H23NO2S2. The molecule has 1 aromatic rings. The zero-order valence-corrected chi connectivity index (χ0v) is 14.0. The summed E-state index contributed by atoms with van der Waals surface area (Å²) in [5.74, 6) is 1.70. The summed E-state index contributed by atoms with van der Waals surface area (Å²) in [5, 5.41) is 13.2. The monoisotopic (exact) mass is 325 g/mol. The van der Waals surface area contributed by atoms with E-state index in [1.807, 2.05) is 0 Å². The van der Waals surface area contributed by atoms with E-state index in [4.69, 9.17) is 0 Å². The van der Waals surface area contributed by atoms with Crippen molar-refractivity contribution in [2.24, 2.45) is 0 Å². The highest BCUT2D eigenvalue weighted by molar-refractivity contribution is 7.99. The van der Waals surface area contributed by atoms with Crippen LogP contribution < -0.4 is 5.32 Å². The molecule has 1 aliphatic heterocycles. The van der Waals surface area contributed by atoms with Crippen molar-refractivity contribution in [3.8, 4) is 0 Å². The molecule has 1 aromatic heterocycles. The molecule has 3 rings (SSSR count). The van der Waals surface area contributed by atoms with Crippen LogP contribution in [0.2, 0.25) is 0 Å². The highest BCUT2D eigenvalue weighted by atomic mass is 32.2. The molecule has 0 aromatic carbocycles. The van der Waals surface area contributed by atoms with Gasteiger partial charge in [0.2, 0.25) is 0 Å². The summed E-state index contributed by atoms with van der Waals surface area (Å²) >= 11 is 3.41. The van der Waals surface area contributed by atoms with E-state index < -0.39 is 5.60 Å². The molecule has 21 heavy (non-hydrogen) atoms. The first-order valence-corrected chi connectivity index (χ1v) is 9.83. The van der Waals surface area contributed by atoms with Crippen molar-refractivity contribution in [1.29, 1.82) is 0 Å². The first-order valence-electron chi connectivity index (χ1n) is 7.86. The van der Waals surface area contributed by atoms with E-state index in [0.29, 0.717) is 6.54 Å². The second-order valence-corrected chi connectivity index (χ2v) is 8.42. The average Bonchev–Trinajstić information content (AvgIpc) is 3.04. The Morgan fingerprint density at radius 1 is 1.29 bits per heavy atom. The van der Waals surface area contributed by atoms with Gasteiger partial charge in [-0.3, -0.25) is 4.79 Å². The smallest absolute Gasteiger partial charge is 0.261 e. The lowest BCUT2D eigenvalue weighted by atomic mass is 9.99. The predicted molar refractivity (Wildman–Crippen MR) is 89.4 cm³/mol. The van der Waals surface area contributed by atoms with E-state index >= 15 is 0 Å². The molecule has 0 saturated carbocycles. The van der Waals surface area contributed by atoms with Gasteiger partial charge in [-0.1, -0.05) is 12.8 Å². The second kappa shape index (κ2) is 6.71. The molecule has 0 radical (unpaired) electrons. The Kier molecular flexibility index (Phi) is 4.92. The Morgan fingerprint density at radius 2 is 2.10 bits per heavy atom. The lowest BCUT2D eigenvalue weighted by Gasteiger charge is -2.21. The van der Waals surface area contributed by atoms with Crippen LogP contribution in [0.4, 0.5) is 0 Å². The van der Waals surface area contributed by atoms with Gasteiger partial charge in [-0.15, -0.1) is 11.3 Å². The molecule has 1 atom stereocenters. The van der Waals surface area contributed by atoms with Gasteiger partial charge < -0.3 is 10.4 Å². The zero-order valence-electron chi connectivity index (χ0n) is 12.3. The van der Waals surface area contributed by atoms with Crippen LogP contribution in [-0.2, 0) is 12.8 Å². The number of amides is 1. The van der Waals surface area contributed by atoms with Crippen LogP contribution in [-0.4, -0.2) is 34.7 Å². The molecule has 0 spiro atoms. The minimum atomic E-state index is -0.702. The van der Waals surface area contributed by atoms with Crippen molar-refractivity contribution in [3.63, 3.8) is 0 Å². The minimum Gasteiger partial charge on any atom is -0.387 e. The first kappa shape index (κ1) is 15.4. The van der Waals surface area contributed by atoms with Gasteiger partial charge in [-0.2, -0.15) is 11.8 Å². The fourth-order valence-corrected chi connectivity index (χ4v) is 5.49. The molecule has 1 unspecified atom stereocenters. The fraction of sp³-hybridized carbons (Fsp3) is 0.688. The number of thiophene rings is 1. The van der Waals surface area contributed by atoms with Gasteiger partial charge in [0.1, 0.15) is 0 Å². The standard InChI is InChI=1S/C16H23NO2S2/c18-15(17-10-16(19)7-8-20-11-16)14-9-12-5-3-1-2-4-6-13(12)21-14/h9,19H,1-8,10-11H2,(H,17,18). The molecule has 3 nitrogen and oxygen atoms in total. The van der Waals surface area contributed by atoms with Gasteiger partial charge in [0.15, 0.2) is 0 Å². The van der Waals surface area contributed by atoms with Crippen LogP contribution in [0.15, 0.2) is 6.07 Å². The largest absolute Gasteiger partial charge is 0.387 e. The van der Waals surface area contributed by atoms with Gasteiger partial charge in [-0.25, -0.2) is 0 Å². The summed E-state index contributed by atoms with van der Waals surface area (Å²) in [6.45, 7) is 0.376. The average molecular weight is 325 g/mol. The maximum absolute atomic E-state index is 12.3. The number of rotatable bonds is 3. The Balaban J connectivity index is 1.63. The van der Waals surface area contributed by atoms with Crippen LogP contribution in [0.5, 0.6) is 0 Å². The predicted octanol–water partition coefficient (Wildman–Crippen LogP) is 3.00.